The molecule has 5 heteroatoms. The van der Waals surface area contributed by atoms with E-state index in [2.05, 4.69) is 41.8 Å². The van der Waals surface area contributed by atoms with Crippen molar-refractivity contribution in [2.24, 2.45) is 0 Å². The van der Waals surface area contributed by atoms with Gasteiger partial charge in [0.25, 0.3) is 0 Å². The van der Waals surface area contributed by atoms with Crippen LogP contribution < -0.4 is 5.32 Å². The number of nitrogens with one attached hydrogen (secondary N) is 1. The SMILES string of the molecule is CC.CSc1ccc(Cc2nn(O)cc2C2CCNCC2)cc1C. The molecule has 1 aromatic heterocycles. The summed E-state index contributed by atoms with van der Waals surface area (Å²) >= 11 is 1.77. The Hall–Kier alpha value is -1.46. The van der Waals surface area contributed by atoms with Gasteiger partial charge in [0.05, 0.1) is 11.9 Å². The summed E-state index contributed by atoms with van der Waals surface area (Å²) in [5.74, 6) is 0.503. The molecular formula is C19H29N3OS. The van der Waals surface area contributed by atoms with Crippen LogP contribution in [0.15, 0.2) is 29.3 Å². The minimum atomic E-state index is 0.503. The molecule has 2 heterocycles. The Morgan fingerprint density at radius 3 is 2.62 bits per heavy atom. The van der Waals surface area contributed by atoms with E-state index < -0.39 is 0 Å². The number of thioether (sulfide) groups is 1. The first-order valence-electron chi connectivity index (χ1n) is 8.79. The molecule has 0 saturated carbocycles. The van der Waals surface area contributed by atoms with Crippen LogP contribution in [0.1, 0.15) is 55.0 Å². The predicted molar refractivity (Wildman–Crippen MR) is 101 cm³/mol. The summed E-state index contributed by atoms with van der Waals surface area (Å²) in [5, 5.41) is 17.5. The van der Waals surface area contributed by atoms with E-state index in [0.29, 0.717) is 5.92 Å². The molecule has 0 atom stereocenters. The summed E-state index contributed by atoms with van der Waals surface area (Å²) in [4.78, 5) is 2.30. The van der Waals surface area contributed by atoms with Crippen LogP contribution in [0.25, 0.3) is 0 Å². The second kappa shape index (κ2) is 9.14. The largest absolute Gasteiger partial charge is 0.412 e. The highest BCUT2D eigenvalue weighted by Gasteiger charge is 2.21. The average Bonchev–Trinajstić information content (AvgIpc) is 2.98. The van der Waals surface area contributed by atoms with Crippen LogP contribution in [-0.2, 0) is 6.42 Å². The lowest BCUT2D eigenvalue weighted by Crippen LogP contribution is -2.26. The van der Waals surface area contributed by atoms with E-state index in [-0.39, 0.29) is 0 Å². The maximum atomic E-state index is 9.77. The minimum absolute atomic E-state index is 0.503. The van der Waals surface area contributed by atoms with Crippen LogP contribution in [0.3, 0.4) is 0 Å². The first-order valence-corrected chi connectivity index (χ1v) is 10.0. The van der Waals surface area contributed by atoms with Gasteiger partial charge in [-0.3, -0.25) is 0 Å². The van der Waals surface area contributed by atoms with E-state index in [1.165, 1.54) is 21.6 Å². The lowest BCUT2D eigenvalue weighted by Gasteiger charge is -2.22. The van der Waals surface area contributed by atoms with E-state index in [1.807, 2.05) is 13.8 Å². The van der Waals surface area contributed by atoms with E-state index in [9.17, 15) is 5.21 Å². The molecule has 132 valence electrons. The van der Waals surface area contributed by atoms with Crippen LogP contribution in [0.4, 0.5) is 0 Å². The molecule has 4 nitrogen and oxygen atoms in total. The van der Waals surface area contributed by atoms with Crippen molar-refractivity contribution in [2.45, 2.75) is 50.8 Å². The molecule has 0 bridgehead atoms. The van der Waals surface area contributed by atoms with Crippen molar-refractivity contribution in [3.63, 3.8) is 0 Å². The smallest absolute Gasteiger partial charge is 0.0738 e. The normalized spacial score (nSPS) is 15.0. The third-order valence-electron chi connectivity index (χ3n) is 4.42. The quantitative estimate of drug-likeness (QED) is 0.642. The van der Waals surface area contributed by atoms with Crippen molar-refractivity contribution in [3.8, 4) is 0 Å². The maximum Gasteiger partial charge on any atom is 0.0738 e. The fourth-order valence-corrected chi connectivity index (χ4v) is 3.85. The van der Waals surface area contributed by atoms with Gasteiger partial charge in [0.1, 0.15) is 0 Å². The zero-order valence-electron chi connectivity index (χ0n) is 15.2. The number of aryl methyl sites for hydroxylation is 1. The zero-order chi connectivity index (χ0) is 17.5. The van der Waals surface area contributed by atoms with Crippen molar-refractivity contribution < 1.29 is 5.21 Å². The van der Waals surface area contributed by atoms with Crippen molar-refractivity contribution in [3.05, 3.63) is 46.8 Å². The summed E-state index contributed by atoms with van der Waals surface area (Å²) in [6.07, 6.45) is 6.90. The number of hydrogen-bond acceptors (Lipinski definition) is 4. The van der Waals surface area contributed by atoms with Gasteiger partial charge in [0.15, 0.2) is 0 Å². The van der Waals surface area contributed by atoms with Gasteiger partial charge in [-0.1, -0.05) is 26.0 Å². The number of rotatable bonds is 4. The van der Waals surface area contributed by atoms with Crippen LogP contribution >= 0.6 is 11.8 Å². The molecular weight excluding hydrogens is 318 g/mol. The van der Waals surface area contributed by atoms with Crippen molar-refractivity contribution in [1.82, 2.24) is 15.3 Å². The van der Waals surface area contributed by atoms with E-state index in [1.54, 1.807) is 18.0 Å². The second-order valence-corrected chi connectivity index (χ2v) is 6.80. The third-order valence-corrected chi connectivity index (χ3v) is 5.32. The van der Waals surface area contributed by atoms with Crippen LogP contribution in [0.2, 0.25) is 0 Å². The van der Waals surface area contributed by atoms with Gasteiger partial charge in [-0.05, 0) is 62.2 Å². The van der Waals surface area contributed by atoms with Crippen LogP contribution in [0.5, 0.6) is 0 Å². The van der Waals surface area contributed by atoms with Gasteiger partial charge in [-0.25, -0.2) is 0 Å². The Bertz CT molecular complexity index is 648. The van der Waals surface area contributed by atoms with Gasteiger partial charge < -0.3 is 10.5 Å². The van der Waals surface area contributed by atoms with Gasteiger partial charge in [0.2, 0.25) is 0 Å². The number of piperidine rings is 1. The van der Waals surface area contributed by atoms with Crippen molar-refractivity contribution in [2.75, 3.05) is 19.3 Å². The molecule has 0 unspecified atom stereocenters. The highest BCUT2D eigenvalue weighted by molar-refractivity contribution is 7.98. The van der Waals surface area contributed by atoms with Gasteiger partial charge in [0, 0.05) is 16.9 Å². The third kappa shape index (κ3) is 4.54. The topological polar surface area (TPSA) is 50.1 Å². The first-order chi connectivity index (χ1) is 11.7. The standard InChI is InChI=1S/C17H23N3OS.C2H6/c1-12-9-13(3-4-17(12)22-2)10-16-15(11-20(21)19-16)14-5-7-18-8-6-14;1-2/h3-4,9,11,14,18,21H,5-8,10H2,1-2H3;1-2H3. The summed E-state index contributed by atoms with van der Waals surface area (Å²) < 4.78 is 0. The second-order valence-electron chi connectivity index (χ2n) is 5.96. The molecule has 0 aliphatic carbocycles. The lowest BCUT2D eigenvalue weighted by molar-refractivity contribution is 0.147. The zero-order valence-corrected chi connectivity index (χ0v) is 16.0. The van der Waals surface area contributed by atoms with Gasteiger partial charge >= 0.3 is 0 Å². The van der Waals surface area contributed by atoms with Crippen LogP contribution in [0, 0.1) is 6.92 Å². The maximum absolute atomic E-state index is 9.77. The highest BCUT2D eigenvalue weighted by atomic mass is 32.2. The Morgan fingerprint density at radius 1 is 1.29 bits per heavy atom. The molecule has 0 spiro atoms. The first kappa shape index (κ1) is 18.9. The fourth-order valence-electron chi connectivity index (χ4n) is 3.26. The Kier molecular flexibility index (Phi) is 7.18. The molecule has 3 rings (SSSR count). The summed E-state index contributed by atoms with van der Waals surface area (Å²) in [7, 11) is 0. The van der Waals surface area contributed by atoms with Crippen LogP contribution in [-0.4, -0.2) is 34.5 Å². The average molecular weight is 348 g/mol. The Balaban J connectivity index is 0.00000100. The molecule has 2 N–H and O–H groups in total. The van der Waals surface area contributed by atoms with E-state index in [0.717, 1.165) is 42.9 Å². The number of aromatic nitrogens is 2. The number of benzene rings is 1. The molecule has 0 radical (unpaired) electrons. The molecule has 0 amide bonds. The van der Waals surface area contributed by atoms with Gasteiger partial charge in [-0.2, -0.15) is 0 Å². The highest BCUT2D eigenvalue weighted by Crippen LogP contribution is 2.29. The van der Waals surface area contributed by atoms with Gasteiger partial charge in [-0.15, -0.1) is 21.7 Å². The lowest BCUT2D eigenvalue weighted by atomic mass is 9.89. The molecule has 1 aliphatic heterocycles. The molecule has 1 aromatic carbocycles. The predicted octanol–water partition coefficient (Wildman–Crippen LogP) is 4.23. The number of hydrogen-bond donors (Lipinski definition) is 2. The number of nitrogens with zero attached hydrogens (tertiary/aromatic N) is 2. The Labute approximate surface area is 149 Å². The van der Waals surface area contributed by atoms with E-state index >= 15 is 0 Å². The fraction of sp³-hybridized carbons (Fsp3) is 0.526. The minimum Gasteiger partial charge on any atom is -0.412 e. The van der Waals surface area contributed by atoms with E-state index in [4.69, 9.17) is 0 Å². The molecule has 1 fully saturated rings. The summed E-state index contributed by atoms with van der Waals surface area (Å²) in [6, 6.07) is 6.57. The Morgan fingerprint density at radius 2 is 2.00 bits per heavy atom. The summed E-state index contributed by atoms with van der Waals surface area (Å²) in [5.41, 5.74) is 4.77. The summed E-state index contributed by atoms with van der Waals surface area (Å²) in [6.45, 7) is 8.23. The van der Waals surface area contributed by atoms with Crippen molar-refractivity contribution >= 4 is 11.8 Å². The molecule has 24 heavy (non-hydrogen) atoms. The molecule has 1 aliphatic rings. The molecule has 1 saturated heterocycles. The van der Waals surface area contributed by atoms with Crippen molar-refractivity contribution in [1.29, 1.82) is 0 Å². The monoisotopic (exact) mass is 347 g/mol. The molecule has 2 aromatic rings.